The van der Waals surface area contributed by atoms with Gasteiger partial charge in [-0.3, -0.25) is 4.79 Å². The van der Waals surface area contributed by atoms with E-state index in [1.165, 1.54) is 13.3 Å². The van der Waals surface area contributed by atoms with Crippen LogP contribution in [0, 0.1) is 6.92 Å². The number of benzene rings is 3. The highest BCUT2D eigenvalue weighted by Crippen LogP contribution is 2.29. The predicted octanol–water partition coefficient (Wildman–Crippen LogP) is 5.15. The van der Waals surface area contributed by atoms with Crippen LogP contribution in [0.4, 0.5) is 0 Å². The average molecular weight is 511 g/mol. The van der Waals surface area contributed by atoms with Crippen molar-refractivity contribution in [3.63, 3.8) is 0 Å². The van der Waals surface area contributed by atoms with Gasteiger partial charge < -0.3 is 14.2 Å². The molecule has 0 aliphatic rings. The molecular formula is C25H23BrN2O5. The number of esters is 1. The number of nitrogens with one attached hydrogen (secondary N) is 1. The number of hydrogen-bond donors (Lipinski definition) is 1. The van der Waals surface area contributed by atoms with Crippen molar-refractivity contribution < 1.29 is 23.8 Å². The third-order valence-corrected chi connectivity index (χ3v) is 5.04. The van der Waals surface area contributed by atoms with Gasteiger partial charge in [-0.15, -0.1) is 0 Å². The van der Waals surface area contributed by atoms with E-state index in [4.69, 9.17) is 14.2 Å². The Morgan fingerprint density at radius 1 is 1.00 bits per heavy atom. The molecule has 0 spiro atoms. The Labute approximate surface area is 200 Å². The first-order valence-electron chi connectivity index (χ1n) is 10.1. The van der Waals surface area contributed by atoms with Crippen molar-refractivity contribution in [3.05, 3.63) is 87.4 Å². The second kappa shape index (κ2) is 11.3. The molecule has 0 aromatic heterocycles. The molecule has 3 aromatic carbocycles. The fourth-order valence-electron chi connectivity index (χ4n) is 2.89. The Bertz CT molecular complexity index is 1180. The van der Waals surface area contributed by atoms with Gasteiger partial charge in [-0.05, 0) is 67.9 Å². The number of methoxy groups -OCH3 is 1. The SMILES string of the molecule is CCOc1cc(/C=N\NC(=O)c2cc(Br)ccc2OC)ccc1OC(=O)c1ccc(C)cc1. The zero-order valence-corrected chi connectivity index (χ0v) is 20.0. The number of hydrazone groups is 1. The zero-order chi connectivity index (χ0) is 23.8. The second-order valence-electron chi connectivity index (χ2n) is 6.94. The van der Waals surface area contributed by atoms with Crippen molar-refractivity contribution in [1.29, 1.82) is 0 Å². The third kappa shape index (κ3) is 6.43. The van der Waals surface area contributed by atoms with Crippen molar-refractivity contribution in [1.82, 2.24) is 5.43 Å². The first-order chi connectivity index (χ1) is 15.9. The van der Waals surface area contributed by atoms with Crippen molar-refractivity contribution in [2.45, 2.75) is 13.8 Å². The maximum Gasteiger partial charge on any atom is 0.343 e. The van der Waals surface area contributed by atoms with Crippen molar-refractivity contribution >= 4 is 34.0 Å². The van der Waals surface area contributed by atoms with Crippen LogP contribution in [0.1, 0.15) is 38.8 Å². The smallest absolute Gasteiger partial charge is 0.343 e. The number of carbonyl (C=O) groups is 2. The van der Waals surface area contributed by atoms with Crippen LogP contribution in [0.25, 0.3) is 0 Å². The first-order valence-corrected chi connectivity index (χ1v) is 10.9. The Hall–Kier alpha value is -3.65. The highest BCUT2D eigenvalue weighted by Gasteiger charge is 2.14. The number of amides is 1. The first kappa shape index (κ1) is 24.0. The summed E-state index contributed by atoms with van der Waals surface area (Å²) in [5.74, 6) is 0.222. The maximum atomic E-state index is 12.5. The number of ether oxygens (including phenoxy) is 3. The number of hydrogen-bond acceptors (Lipinski definition) is 6. The molecule has 33 heavy (non-hydrogen) atoms. The van der Waals surface area contributed by atoms with Gasteiger partial charge in [-0.25, -0.2) is 10.2 Å². The van der Waals surface area contributed by atoms with Crippen LogP contribution in [0.2, 0.25) is 0 Å². The largest absolute Gasteiger partial charge is 0.496 e. The molecule has 3 aromatic rings. The zero-order valence-electron chi connectivity index (χ0n) is 18.4. The molecule has 0 saturated heterocycles. The van der Waals surface area contributed by atoms with Crippen LogP contribution >= 0.6 is 15.9 Å². The Balaban J connectivity index is 1.72. The third-order valence-electron chi connectivity index (χ3n) is 4.54. The normalized spacial score (nSPS) is 10.7. The number of aryl methyl sites for hydroxylation is 1. The van der Waals surface area contributed by atoms with Crippen molar-refractivity contribution in [2.75, 3.05) is 13.7 Å². The van der Waals surface area contributed by atoms with Gasteiger partial charge in [0, 0.05) is 4.47 Å². The van der Waals surface area contributed by atoms with E-state index in [1.807, 2.05) is 26.0 Å². The van der Waals surface area contributed by atoms with Gasteiger partial charge in [-0.1, -0.05) is 33.6 Å². The molecule has 8 heteroatoms. The summed E-state index contributed by atoms with van der Waals surface area (Å²) < 4.78 is 17.1. The van der Waals surface area contributed by atoms with Crippen LogP contribution in [0.3, 0.4) is 0 Å². The van der Waals surface area contributed by atoms with Gasteiger partial charge in [0.05, 0.1) is 31.1 Å². The summed E-state index contributed by atoms with van der Waals surface area (Å²) in [7, 11) is 1.49. The maximum absolute atomic E-state index is 12.5. The lowest BCUT2D eigenvalue weighted by Gasteiger charge is -2.11. The van der Waals surface area contributed by atoms with Crippen LogP contribution < -0.4 is 19.6 Å². The molecule has 7 nitrogen and oxygen atoms in total. The van der Waals surface area contributed by atoms with E-state index < -0.39 is 11.9 Å². The van der Waals surface area contributed by atoms with Gasteiger partial charge in [0.1, 0.15) is 5.75 Å². The monoisotopic (exact) mass is 510 g/mol. The molecule has 0 bridgehead atoms. The molecule has 170 valence electrons. The lowest BCUT2D eigenvalue weighted by molar-refractivity contribution is 0.0728. The van der Waals surface area contributed by atoms with E-state index in [0.29, 0.717) is 40.5 Å². The van der Waals surface area contributed by atoms with E-state index in [9.17, 15) is 9.59 Å². The molecule has 0 fully saturated rings. The summed E-state index contributed by atoms with van der Waals surface area (Å²) in [6, 6.07) is 17.2. The Morgan fingerprint density at radius 2 is 1.73 bits per heavy atom. The van der Waals surface area contributed by atoms with Crippen LogP contribution in [0.15, 0.2) is 70.2 Å². The van der Waals surface area contributed by atoms with E-state index in [1.54, 1.807) is 48.5 Å². The Morgan fingerprint density at radius 3 is 2.42 bits per heavy atom. The summed E-state index contributed by atoms with van der Waals surface area (Å²) in [5.41, 5.74) is 4.97. The highest BCUT2D eigenvalue weighted by atomic mass is 79.9. The summed E-state index contributed by atoms with van der Waals surface area (Å²) >= 11 is 3.34. The molecular weight excluding hydrogens is 488 g/mol. The minimum Gasteiger partial charge on any atom is -0.496 e. The fraction of sp³-hybridized carbons (Fsp3) is 0.160. The summed E-state index contributed by atoms with van der Waals surface area (Å²) in [6.07, 6.45) is 1.47. The standard InChI is InChI=1S/C25H23BrN2O5/c1-4-32-23-13-17(7-11-22(23)33-25(30)18-8-5-16(2)6-9-18)15-27-28-24(29)20-14-19(26)10-12-21(20)31-3/h5-15H,4H2,1-3H3,(H,28,29)/b27-15-. The molecule has 0 aliphatic heterocycles. The van der Waals surface area contributed by atoms with Crippen LogP contribution in [-0.2, 0) is 0 Å². The summed E-state index contributed by atoms with van der Waals surface area (Å²) in [5, 5.41) is 4.01. The number of halogens is 1. The minimum absolute atomic E-state index is 0.294. The fourth-order valence-corrected chi connectivity index (χ4v) is 3.25. The van der Waals surface area contributed by atoms with Gasteiger partial charge in [0.2, 0.25) is 0 Å². The van der Waals surface area contributed by atoms with Gasteiger partial charge in [-0.2, -0.15) is 5.10 Å². The van der Waals surface area contributed by atoms with Gasteiger partial charge >= 0.3 is 5.97 Å². The van der Waals surface area contributed by atoms with Crippen LogP contribution in [0.5, 0.6) is 17.2 Å². The van der Waals surface area contributed by atoms with Crippen LogP contribution in [-0.4, -0.2) is 31.8 Å². The van der Waals surface area contributed by atoms with E-state index in [0.717, 1.165) is 10.0 Å². The van der Waals surface area contributed by atoms with E-state index in [-0.39, 0.29) is 0 Å². The number of carbonyl (C=O) groups excluding carboxylic acids is 2. The minimum atomic E-state index is -0.479. The van der Waals surface area contributed by atoms with Gasteiger partial charge in [0.15, 0.2) is 11.5 Å². The Kier molecular flexibility index (Phi) is 8.21. The lowest BCUT2D eigenvalue weighted by Crippen LogP contribution is -2.18. The molecule has 1 amide bonds. The molecule has 1 N–H and O–H groups in total. The van der Waals surface area contributed by atoms with Gasteiger partial charge in [0.25, 0.3) is 5.91 Å². The highest BCUT2D eigenvalue weighted by molar-refractivity contribution is 9.10. The molecule has 0 aliphatic carbocycles. The summed E-state index contributed by atoms with van der Waals surface area (Å²) in [6.45, 7) is 4.16. The molecule has 3 rings (SSSR count). The second-order valence-corrected chi connectivity index (χ2v) is 7.85. The molecule has 0 saturated carbocycles. The number of rotatable bonds is 8. The van der Waals surface area contributed by atoms with Crippen molar-refractivity contribution in [3.8, 4) is 17.2 Å². The van der Waals surface area contributed by atoms with E-state index in [2.05, 4.69) is 26.5 Å². The molecule has 0 atom stereocenters. The van der Waals surface area contributed by atoms with E-state index >= 15 is 0 Å². The predicted molar refractivity (Wildman–Crippen MR) is 130 cm³/mol. The topological polar surface area (TPSA) is 86.2 Å². The summed E-state index contributed by atoms with van der Waals surface area (Å²) in [4.78, 5) is 24.9. The quantitative estimate of drug-likeness (QED) is 0.196. The lowest BCUT2D eigenvalue weighted by atomic mass is 10.1. The van der Waals surface area contributed by atoms with Crippen molar-refractivity contribution in [2.24, 2.45) is 5.10 Å². The molecule has 0 radical (unpaired) electrons. The average Bonchev–Trinajstić information content (AvgIpc) is 2.81. The molecule has 0 heterocycles. The number of nitrogens with zero attached hydrogens (tertiary/aromatic N) is 1. The molecule has 0 unspecified atom stereocenters.